The zero-order valence-electron chi connectivity index (χ0n) is 10.7. The van der Waals surface area contributed by atoms with Crippen LogP contribution in [0.25, 0.3) is 0 Å². The molecule has 0 aromatic heterocycles. The second kappa shape index (κ2) is 6.94. The fourth-order valence-electron chi connectivity index (χ4n) is 1.19. The normalized spacial score (nSPS) is 12.6. The number of nitrogens with one attached hydrogen (secondary N) is 1. The lowest BCUT2D eigenvalue weighted by molar-refractivity contribution is -0.122. The Balaban J connectivity index is 2.41. The van der Waals surface area contributed by atoms with E-state index in [4.69, 9.17) is 10.5 Å². The van der Waals surface area contributed by atoms with Crippen molar-refractivity contribution in [1.82, 2.24) is 4.72 Å². The van der Waals surface area contributed by atoms with Crippen LogP contribution in [0.3, 0.4) is 0 Å². The number of nitrogen functional groups attached to an aromatic ring is 1. The predicted molar refractivity (Wildman–Crippen MR) is 69.1 cm³/mol. The summed E-state index contributed by atoms with van der Waals surface area (Å²) in [5.41, 5.74) is 5.93. The third-order valence-corrected chi connectivity index (χ3v) is 3.64. The van der Waals surface area contributed by atoms with Gasteiger partial charge in [0, 0.05) is 5.69 Å². The summed E-state index contributed by atoms with van der Waals surface area (Å²) in [5.74, 6) is -4.71. The summed E-state index contributed by atoms with van der Waals surface area (Å²) in [4.78, 5) is 0. The van der Waals surface area contributed by atoms with E-state index in [2.05, 4.69) is 0 Å². The average Bonchev–Trinajstić information content (AvgIpc) is 2.39. The number of anilines is 1. The highest BCUT2D eigenvalue weighted by molar-refractivity contribution is 7.89. The Morgan fingerprint density at radius 2 is 1.81 bits per heavy atom. The standard InChI is InChI=1S/C11H14F4N2O3S/c12-10(13)11(14,15)7-17-21(18,19)6-5-20-9-3-1-8(16)2-4-9/h1-4,10,17H,5-7,16H2. The maximum absolute atomic E-state index is 12.6. The first-order valence-corrected chi connectivity index (χ1v) is 7.39. The Kier molecular flexibility index (Phi) is 5.78. The van der Waals surface area contributed by atoms with Crippen LogP contribution in [-0.4, -0.2) is 39.7 Å². The maximum atomic E-state index is 12.6. The van der Waals surface area contributed by atoms with Gasteiger partial charge in [0.05, 0.1) is 12.3 Å². The van der Waals surface area contributed by atoms with E-state index in [0.29, 0.717) is 11.4 Å². The number of alkyl halides is 4. The minimum atomic E-state index is -4.41. The maximum Gasteiger partial charge on any atom is 0.320 e. The highest BCUT2D eigenvalue weighted by Gasteiger charge is 2.41. The number of benzene rings is 1. The molecule has 0 saturated heterocycles. The molecule has 0 saturated carbocycles. The van der Waals surface area contributed by atoms with Crippen molar-refractivity contribution in [3.63, 3.8) is 0 Å². The van der Waals surface area contributed by atoms with Gasteiger partial charge in [-0.2, -0.15) is 8.78 Å². The van der Waals surface area contributed by atoms with E-state index in [0.717, 1.165) is 0 Å². The molecule has 0 aliphatic rings. The molecule has 0 bridgehead atoms. The fraction of sp³-hybridized carbons (Fsp3) is 0.455. The predicted octanol–water partition coefficient (Wildman–Crippen LogP) is 1.47. The number of sulfonamides is 1. The molecular weight excluding hydrogens is 316 g/mol. The van der Waals surface area contributed by atoms with Crippen LogP contribution in [0.2, 0.25) is 0 Å². The molecule has 0 aliphatic heterocycles. The van der Waals surface area contributed by atoms with Gasteiger partial charge >= 0.3 is 12.3 Å². The van der Waals surface area contributed by atoms with Gasteiger partial charge in [0.15, 0.2) is 0 Å². The highest BCUT2D eigenvalue weighted by atomic mass is 32.2. The van der Waals surface area contributed by atoms with Gasteiger partial charge in [-0.25, -0.2) is 21.9 Å². The quantitative estimate of drug-likeness (QED) is 0.559. The van der Waals surface area contributed by atoms with E-state index in [9.17, 15) is 26.0 Å². The summed E-state index contributed by atoms with van der Waals surface area (Å²) >= 11 is 0. The summed E-state index contributed by atoms with van der Waals surface area (Å²) in [6, 6.07) is 6.07. The molecule has 0 atom stereocenters. The number of ether oxygens (including phenoxy) is 1. The average molecular weight is 330 g/mol. The number of hydrogen-bond acceptors (Lipinski definition) is 4. The molecule has 10 heteroatoms. The van der Waals surface area contributed by atoms with Crippen LogP contribution < -0.4 is 15.2 Å². The summed E-state index contributed by atoms with van der Waals surface area (Å²) < 4.78 is 78.1. The topological polar surface area (TPSA) is 81.4 Å². The van der Waals surface area contributed by atoms with E-state index < -0.39 is 34.7 Å². The van der Waals surface area contributed by atoms with Crippen LogP contribution in [0, 0.1) is 0 Å². The number of nitrogens with two attached hydrogens (primary N) is 1. The minimum absolute atomic E-state index is 0.320. The van der Waals surface area contributed by atoms with Crippen LogP contribution >= 0.6 is 0 Å². The third-order valence-electron chi connectivity index (χ3n) is 2.35. The molecule has 3 N–H and O–H groups in total. The Labute approximate surface area is 119 Å². The molecule has 0 fully saturated rings. The monoisotopic (exact) mass is 330 g/mol. The second-order valence-electron chi connectivity index (χ2n) is 4.12. The molecule has 0 spiro atoms. The van der Waals surface area contributed by atoms with E-state index in [1.807, 2.05) is 0 Å². The van der Waals surface area contributed by atoms with Crippen molar-refractivity contribution in [2.24, 2.45) is 0 Å². The first-order valence-electron chi connectivity index (χ1n) is 5.74. The molecule has 0 aliphatic carbocycles. The number of halogens is 4. The van der Waals surface area contributed by atoms with E-state index in [1.165, 1.54) is 29.0 Å². The minimum Gasteiger partial charge on any atom is -0.492 e. The Hall–Kier alpha value is -1.55. The largest absolute Gasteiger partial charge is 0.492 e. The van der Waals surface area contributed by atoms with Gasteiger partial charge in [0.2, 0.25) is 10.0 Å². The molecule has 0 radical (unpaired) electrons. The van der Waals surface area contributed by atoms with Gasteiger partial charge in [-0.15, -0.1) is 0 Å². The summed E-state index contributed by atoms with van der Waals surface area (Å²) in [6.45, 7) is -1.98. The fourth-order valence-corrected chi connectivity index (χ4v) is 2.05. The van der Waals surface area contributed by atoms with Crippen molar-refractivity contribution >= 4 is 15.7 Å². The molecular formula is C11H14F4N2O3S. The lowest BCUT2D eigenvalue weighted by atomic mass is 10.3. The van der Waals surface area contributed by atoms with Gasteiger partial charge in [0.1, 0.15) is 12.4 Å². The van der Waals surface area contributed by atoms with Crippen LogP contribution in [0.4, 0.5) is 23.2 Å². The van der Waals surface area contributed by atoms with Crippen molar-refractivity contribution in [2.45, 2.75) is 12.3 Å². The first-order chi connectivity index (χ1) is 9.62. The van der Waals surface area contributed by atoms with Crippen molar-refractivity contribution in [3.05, 3.63) is 24.3 Å². The highest BCUT2D eigenvalue weighted by Crippen LogP contribution is 2.21. The molecule has 21 heavy (non-hydrogen) atoms. The molecule has 1 rings (SSSR count). The molecule has 1 aromatic rings. The Morgan fingerprint density at radius 3 is 2.33 bits per heavy atom. The van der Waals surface area contributed by atoms with Gasteiger partial charge < -0.3 is 10.5 Å². The molecule has 5 nitrogen and oxygen atoms in total. The molecule has 0 heterocycles. The number of hydrogen-bond donors (Lipinski definition) is 2. The summed E-state index contributed by atoms with van der Waals surface area (Å²) in [5, 5.41) is 0. The van der Waals surface area contributed by atoms with Crippen molar-refractivity contribution < 1.29 is 30.7 Å². The molecule has 1 aromatic carbocycles. The summed E-state index contributed by atoms with van der Waals surface area (Å²) in [6.07, 6.45) is -3.94. The van der Waals surface area contributed by atoms with Gasteiger partial charge in [-0.3, -0.25) is 0 Å². The van der Waals surface area contributed by atoms with E-state index >= 15 is 0 Å². The van der Waals surface area contributed by atoms with Crippen LogP contribution in [0.15, 0.2) is 24.3 Å². The van der Waals surface area contributed by atoms with Gasteiger partial charge in [-0.05, 0) is 24.3 Å². The Bertz CT molecular complexity index is 549. The smallest absolute Gasteiger partial charge is 0.320 e. The van der Waals surface area contributed by atoms with Crippen molar-refractivity contribution in [1.29, 1.82) is 0 Å². The van der Waals surface area contributed by atoms with Crippen molar-refractivity contribution in [2.75, 3.05) is 24.6 Å². The molecule has 120 valence electrons. The summed E-state index contributed by atoms with van der Waals surface area (Å²) in [7, 11) is -4.14. The third kappa shape index (κ3) is 6.17. The first kappa shape index (κ1) is 17.5. The van der Waals surface area contributed by atoms with E-state index in [-0.39, 0.29) is 6.61 Å². The number of rotatable bonds is 8. The Morgan fingerprint density at radius 1 is 1.24 bits per heavy atom. The SMILES string of the molecule is Nc1ccc(OCCS(=O)(=O)NCC(F)(F)C(F)F)cc1. The second-order valence-corrected chi connectivity index (χ2v) is 6.05. The zero-order chi connectivity index (χ0) is 16.1. The lowest BCUT2D eigenvalue weighted by Crippen LogP contribution is -2.42. The van der Waals surface area contributed by atoms with Crippen LogP contribution in [0.1, 0.15) is 0 Å². The zero-order valence-corrected chi connectivity index (χ0v) is 11.5. The van der Waals surface area contributed by atoms with Crippen molar-refractivity contribution in [3.8, 4) is 5.75 Å². The van der Waals surface area contributed by atoms with Crippen LogP contribution in [-0.2, 0) is 10.0 Å². The van der Waals surface area contributed by atoms with E-state index in [1.54, 1.807) is 0 Å². The molecule has 0 unspecified atom stereocenters. The van der Waals surface area contributed by atoms with Gasteiger partial charge in [-0.1, -0.05) is 0 Å². The lowest BCUT2D eigenvalue weighted by Gasteiger charge is -2.16. The van der Waals surface area contributed by atoms with Gasteiger partial charge in [0.25, 0.3) is 0 Å². The molecule has 0 amide bonds. The van der Waals surface area contributed by atoms with Crippen LogP contribution in [0.5, 0.6) is 5.75 Å².